The van der Waals surface area contributed by atoms with E-state index in [-0.39, 0.29) is 6.61 Å². The molecule has 0 fully saturated rings. The van der Waals surface area contributed by atoms with Gasteiger partial charge in [-0.25, -0.2) is 0 Å². The van der Waals surface area contributed by atoms with Gasteiger partial charge in [-0.05, 0) is 30.2 Å². The van der Waals surface area contributed by atoms with E-state index in [0.717, 1.165) is 28.8 Å². The predicted molar refractivity (Wildman–Crippen MR) is 78.6 cm³/mol. The molecule has 0 amide bonds. The number of anilines is 1. The van der Waals surface area contributed by atoms with Crippen LogP contribution in [0.25, 0.3) is 10.9 Å². The molecule has 0 saturated heterocycles. The SMILES string of the molecule is CC(CCO)SCc1ccc(N)c2cccnc12. The number of hydrogen-bond acceptors (Lipinski definition) is 4. The third-order valence-corrected chi connectivity index (χ3v) is 4.23. The molecule has 96 valence electrons. The molecule has 0 bridgehead atoms. The Labute approximate surface area is 111 Å². The molecule has 2 aromatic rings. The second kappa shape index (κ2) is 6.07. The molecule has 3 nitrogen and oxygen atoms in total. The van der Waals surface area contributed by atoms with Crippen molar-refractivity contribution < 1.29 is 5.11 Å². The smallest absolute Gasteiger partial charge is 0.0763 e. The van der Waals surface area contributed by atoms with Gasteiger partial charge in [0.05, 0.1) is 5.52 Å². The van der Waals surface area contributed by atoms with Crippen LogP contribution in [-0.4, -0.2) is 21.9 Å². The first kappa shape index (κ1) is 13.2. The number of aliphatic hydroxyl groups is 1. The second-order valence-corrected chi connectivity index (χ2v) is 5.77. The van der Waals surface area contributed by atoms with Crippen molar-refractivity contribution in [2.45, 2.75) is 24.3 Å². The summed E-state index contributed by atoms with van der Waals surface area (Å²) >= 11 is 1.83. The maximum absolute atomic E-state index is 8.90. The van der Waals surface area contributed by atoms with Crippen LogP contribution in [0.3, 0.4) is 0 Å². The number of aliphatic hydroxyl groups excluding tert-OH is 1. The number of nitrogens with two attached hydrogens (primary N) is 1. The number of thioether (sulfide) groups is 1. The number of aromatic nitrogens is 1. The van der Waals surface area contributed by atoms with E-state index in [2.05, 4.69) is 11.9 Å². The molecule has 1 unspecified atom stereocenters. The van der Waals surface area contributed by atoms with E-state index in [1.807, 2.05) is 36.0 Å². The summed E-state index contributed by atoms with van der Waals surface area (Å²) in [5.41, 5.74) is 8.91. The number of benzene rings is 1. The van der Waals surface area contributed by atoms with Crippen molar-refractivity contribution in [3.63, 3.8) is 0 Å². The Kier molecular flexibility index (Phi) is 4.44. The minimum Gasteiger partial charge on any atom is -0.398 e. The largest absolute Gasteiger partial charge is 0.398 e. The minimum atomic E-state index is 0.245. The third kappa shape index (κ3) is 2.94. The molecule has 0 aliphatic carbocycles. The van der Waals surface area contributed by atoms with Crippen LogP contribution in [0.5, 0.6) is 0 Å². The van der Waals surface area contributed by atoms with Gasteiger partial charge in [0.2, 0.25) is 0 Å². The highest BCUT2D eigenvalue weighted by Gasteiger charge is 2.07. The minimum absolute atomic E-state index is 0.245. The summed E-state index contributed by atoms with van der Waals surface area (Å²) in [5, 5.41) is 10.4. The zero-order chi connectivity index (χ0) is 13.0. The quantitative estimate of drug-likeness (QED) is 0.813. The third-order valence-electron chi connectivity index (χ3n) is 2.95. The molecule has 2 rings (SSSR count). The lowest BCUT2D eigenvalue weighted by Crippen LogP contribution is -2.00. The van der Waals surface area contributed by atoms with Crippen molar-refractivity contribution in [2.75, 3.05) is 12.3 Å². The van der Waals surface area contributed by atoms with E-state index in [1.54, 1.807) is 6.20 Å². The number of nitrogens with zero attached hydrogens (tertiary/aromatic N) is 1. The van der Waals surface area contributed by atoms with Crippen LogP contribution in [0.4, 0.5) is 5.69 Å². The highest BCUT2D eigenvalue weighted by atomic mass is 32.2. The fourth-order valence-corrected chi connectivity index (χ4v) is 2.84. The first-order chi connectivity index (χ1) is 8.72. The standard InChI is InChI=1S/C14H18N2OS/c1-10(6-8-17)18-9-11-4-5-13(15)12-3-2-7-16-14(11)12/h2-5,7,10,17H,6,8-9,15H2,1H3. The highest BCUT2D eigenvalue weighted by Crippen LogP contribution is 2.27. The van der Waals surface area contributed by atoms with Gasteiger partial charge in [0.1, 0.15) is 0 Å². The van der Waals surface area contributed by atoms with Crippen LogP contribution in [0.1, 0.15) is 18.9 Å². The van der Waals surface area contributed by atoms with Crippen LogP contribution in [0.15, 0.2) is 30.5 Å². The van der Waals surface area contributed by atoms with E-state index in [0.29, 0.717) is 5.25 Å². The van der Waals surface area contributed by atoms with Gasteiger partial charge in [-0.3, -0.25) is 4.98 Å². The predicted octanol–water partition coefficient (Wildman–Crippen LogP) is 2.82. The average molecular weight is 262 g/mol. The van der Waals surface area contributed by atoms with Gasteiger partial charge in [0, 0.05) is 34.9 Å². The molecule has 3 N–H and O–H groups in total. The lowest BCUT2D eigenvalue weighted by atomic mass is 10.1. The number of nitrogen functional groups attached to an aromatic ring is 1. The van der Waals surface area contributed by atoms with Crippen molar-refractivity contribution in [1.29, 1.82) is 0 Å². The van der Waals surface area contributed by atoms with Gasteiger partial charge >= 0.3 is 0 Å². The fraction of sp³-hybridized carbons (Fsp3) is 0.357. The van der Waals surface area contributed by atoms with E-state index in [1.165, 1.54) is 5.56 Å². The van der Waals surface area contributed by atoms with Crippen molar-refractivity contribution in [1.82, 2.24) is 4.98 Å². The van der Waals surface area contributed by atoms with Gasteiger partial charge < -0.3 is 10.8 Å². The summed E-state index contributed by atoms with van der Waals surface area (Å²) < 4.78 is 0. The number of hydrogen-bond donors (Lipinski definition) is 2. The molecule has 0 aliphatic rings. The fourth-order valence-electron chi connectivity index (χ4n) is 1.87. The molecule has 1 atom stereocenters. The molecule has 0 spiro atoms. The summed E-state index contributed by atoms with van der Waals surface area (Å²) in [7, 11) is 0. The van der Waals surface area contributed by atoms with Gasteiger partial charge in [-0.15, -0.1) is 0 Å². The lowest BCUT2D eigenvalue weighted by Gasteiger charge is -2.11. The van der Waals surface area contributed by atoms with Crippen molar-refractivity contribution in [3.05, 3.63) is 36.0 Å². The first-order valence-corrected chi connectivity index (χ1v) is 7.12. The van der Waals surface area contributed by atoms with Crippen molar-refractivity contribution >= 4 is 28.4 Å². The van der Waals surface area contributed by atoms with Gasteiger partial charge in [0.25, 0.3) is 0 Å². The molecule has 1 aromatic carbocycles. The Bertz CT molecular complexity index is 530. The maximum atomic E-state index is 8.90. The number of rotatable bonds is 5. The van der Waals surface area contributed by atoms with E-state index in [9.17, 15) is 0 Å². The normalized spacial score (nSPS) is 12.8. The zero-order valence-corrected chi connectivity index (χ0v) is 11.3. The van der Waals surface area contributed by atoms with E-state index >= 15 is 0 Å². The molecular weight excluding hydrogens is 244 g/mol. The Morgan fingerprint density at radius 3 is 3.00 bits per heavy atom. The van der Waals surface area contributed by atoms with Crippen LogP contribution >= 0.6 is 11.8 Å². The molecule has 0 saturated carbocycles. The summed E-state index contributed by atoms with van der Waals surface area (Å²) in [6.07, 6.45) is 2.62. The van der Waals surface area contributed by atoms with Gasteiger partial charge in [0.15, 0.2) is 0 Å². The van der Waals surface area contributed by atoms with Gasteiger partial charge in [-0.2, -0.15) is 11.8 Å². The summed E-state index contributed by atoms with van der Waals surface area (Å²) in [6.45, 7) is 2.38. The van der Waals surface area contributed by atoms with E-state index in [4.69, 9.17) is 10.8 Å². The van der Waals surface area contributed by atoms with Crippen LogP contribution in [0.2, 0.25) is 0 Å². The zero-order valence-electron chi connectivity index (χ0n) is 10.5. The maximum Gasteiger partial charge on any atom is 0.0763 e. The van der Waals surface area contributed by atoms with Crippen LogP contribution < -0.4 is 5.73 Å². The van der Waals surface area contributed by atoms with Gasteiger partial charge in [-0.1, -0.05) is 13.0 Å². The van der Waals surface area contributed by atoms with Crippen LogP contribution in [0, 0.1) is 0 Å². The molecular formula is C14H18N2OS. The van der Waals surface area contributed by atoms with Crippen LogP contribution in [-0.2, 0) is 5.75 Å². The summed E-state index contributed by atoms with van der Waals surface area (Å²) in [5.74, 6) is 0.898. The molecule has 18 heavy (non-hydrogen) atoms. The topological polar surface area (TPSA) is 59.1 Å². The second-order valence-electron chi connectivity index (χ2n) is 4.35. The molecule has 1 heterocycles. The molecule has 0 radical (unpaired) electrons. The molecule has 1 aromatic heterocycles. The Morgan fingerprint density at radius 1 is 1.39 bits per heavy atom. The summed E-state index contributed by atoms with van der Waals surface area (Å²) in [4.78, 5) is 4.42. The number of pyridine rings is 1. The Morgan fingerprint density at radius 2 is 2.22 bits per heavy atom. The first-order valence-electron chi connectivity index (χ1n) is 6.07. The monoisotopic (exact) mass is 262 g/mol. The average Bonchev–Trinajstić information content (AvgIpc) is 2.39. The molecule has 4 heteroatoms. The van der Waals surface area contributed by atoms with Crippen molar-refractivity contribution in [3.8, 4) is 0 Å². The summed E-state index contributed by atoms with van der Waals surface area (Å²) in [6, 6.07) is 7.90. The van der Waals surface area contributed by atoms with E-state index < -0.39 is 0 Å². The lowest BCUT2D eigenvalue weighted by molar-refractivity contribution is 0.289. The van der Waals surface area contributed by atoms with Crippen molar-refractivity contribution in [2.24, 2.45) is 0 Å². The Balaban J connectivity index is 2.21. The highest BCUT2D eigenvalue weighted by molar-refractivity contribution is 7.99. The molecule has 0 aliphatic heterocycles. The Hall–Kier alpha value is -1.26. The number of fused-ring (bicyclic) bond motifs is 1.